The minimum absolute atomic E-state index is 0.332. The fraction of sp³-hybridized carbons (Fsp3) is 0.833. The molecule has 0 fully saturated rings. The number of hydrogen-bond acceptors (Lipinski definition) is 4. The van der Waals surface area contributed by atoms with Gasteiger partial charge < -0.3 is 19.9 Å². The van der Waals surface area contributed by atoms with E-state index in [1.165, 1.54) is 0 Å². The zero-order valence-corrected chi connectivity index (χ0v) is 12.2. The summed E-state index contributed by atoms with van der Waals surface area (Å²) in [6.07, 6.45) is 1.74. The van der Waals surface area contributed by atoms with Gasteiger partial charge in [0.05, 0.1) is 25.9 Å². The molecule has 4 nitrogen and oxygen atoms in total. The van der Waals surface area contributed by atoms with Crippen molar-refractivity contribution in [2.24, 2.45) is 0 Å². The van der Waals surface area contributed by atoms with Crippen LogP contribution in [0.5, 0.6) is 0 Å². The Labute approximate surface area is 113 Å². The van der Waals surface area contributed by atoms with E-state index in [-0.39, 0.29) is 0 Å². The highest BCUT2D eigenvalue weighted by Gasteiger charge is 2.03. The molecule has 0 saturated heterocycles. The minimum Gasteiger partial charge on any atom is -0.389 e. The fourth-order valence-corrected chi connectivity index (χ4v) is 1.32. The standard InChI is InChI=1S/C12H24BrNO3/c1-3-4-5-16-6-7-17-10-12(15)9-14-8-11(2)13/h12,14-15H,2-10H2,1H3. The average Bonchev–Trinajstić information content (AvgIpc) is 2.27. The van der Waals surface area contributed by atoms with Gasteiger partial charge in [0.15, 0.2) is 0 Å². The lowest BCUT2D eigenvalue weighted by atomic mass is 10.4. The summed E-state index contributed by atoms with van der Waals surface area (Å²) in [5.41, 5.74) is 0. The van der Waals surface area contributed by atoms with Crippen LogP contribution in [0, 0.1) is 0 Å². The molecular weight excluding hydrogens is 286 g/mol. The summed E-state index contributed by atoms with van der Waals surface area (Å²) < 4.78 is 11.5. The number of rotatable bonds is 12. The van der Waals surface area contributed by atoms with Crippen LogP contribution < -0.4 is 5.32 Å². The Kier molecular flexibility index (Phi) is 12.6. The summed E-state index contributed by atoms with van der Waals surface area (Å²) in [4.78, 5) is 0. The SMILES string of the molecule is C=C(Br)CNCC(O)COCCOCCCC. The second kappa shape index (κ2) is 12.5. The molecule has 0 aliphatic heterocycles. The first-order valence-electron chi connectivity index (χ1n) is 6.04. The van der Waals surface area contributed by atoms with Gasteiger partial charge in [-0.05, 0) is 6.42 Å². The second-order valence-corrected chi connectivity index (χ2v) is 4.96. The zero-order valence-electron chi connectivity index (χ0n) is 10.6. The molecule has 0 radical (unpaired) electrons. The summed E-state index contributed by atoms with van der Waals surface area (Å²) in [6.45, 7) is 9.22. The molecule has 0 saturated carbocycles. The number of unbranched alkanes of at least 4 members (excludes halogenated alkanes) is 1. The van der Waals surface area contributed by atoms with Gasteiger partial charge in [0, 0.05) is 24.2 Å². The average molecular weight is 310 g/mol. The predicted molar refractivity (Wildman–Crippen MR) is 73.5 cm³/mol. The van der Waals surface area contributed by atoms with Crippen molar-refractivity contribution < 1.29 is 14.6 Å². The Morgan fingerprint density at radius 2 is 2.06 bits per heavy atom. The molecule has 1 atom stereocenters. The first kappa shape index (κ1) is 17.1. The van der Waals surface area contributed by atoms with Crippen LogP contribution in [0.2, 0.25) is 0 Å². The van der Waals surface area contributed by atoms with Crippen LogP contribution in [-0.2, 0) is 9.47 Å². The summed E-state index contributed by atoms with van der Waals surface area (Å²) in [5.74, 6) is 0. The van der Waals surface area contributed by atoms with Crippen molar-refractivity contribution in [1.29, 1.82) is 0 Å². The maximum absolute atomic E-state index is 9.53. The molecule has 0 rings (SSSR count). The smallest absolute Gasteiger partial charge is 0.0897 e. The lowest BCUT2D eigenvalue weighted by Crippen LogP contribution is -2.31. The monoisotopic (exact) mass is 309 g/mol. The van der Waals surface area contributed by atoms with Crippen LogP contribution in [0.25, 0.3) is 0 Å². The largest absolute Gasteiger partial charge is 0.389 e. The highest BCUT2D eigenvalue weighted by Crippen LogP contribution is 1.96. The number of hydrogen-bond donors (Lipinski definition) is 2. The molecule has 0 aromatic heterocycles. The van der Waals surface area contributed by atoms with Crippen LogP contribution in [0.3, 0.4) is 0 Å². The first-order chi connectivity index (χ1) is 8.16. The van der Waals surface area contributed by atoms with Crippen LogP contribution in [-0.4, -0.2) is 50.7 Å². The van der Waals surface area contributed by atoms with E-state index in [0.29, 0.717) is 32.9 Å². The summed E-state index contributed by atoms with van der Waals surface area (Å²) in [5, 5.41) is 12.6. The van der Waals surface area contributed by atoms with Crippen molar-refractivity contribution in [3.8, 4) is 0 Å². The normalized spacial score (nSPS) is 12.6. The Bertz CT molecular complexity index is 191. The van der Waals surface area contributed by atoms with Gasteiger partial charge in [-0.2, -0.15) is 0 Å². The molecule has 102 valence electrons. The topological polar surface area (TPSA) is 50.7 Å². The quantitative estimate of drug-likeness (QED) is 0.539. The first-order valence-corrected chi connectivity index (χ1v) is 6.83. The van der Waals surface area contributed by atoms with E-state index in [9.17, 15) is 5.11 Å². The number of nitrogens with one attached hydrogen (secondary N) is 1. The highest BCUT2D eigenvalue weighted by molar-refractivity contribution is 9.11. The maximum Gasteiger partial charge on any atom is 0.0897 e. The molecule has 2 N–H and O–H groups in total. The van der Waals surface area contributed by atoms with E-state index >= 15 is 0 Å². The lowest BCUT2D eigenvalue weighted by molar-refractivity contribution is 0.00418. The fourth-order valence-electron chi connectivity index (χ4n) is 1.12. The van der Waals surface area contributed by atoms with E-state index in [2.05, 4.69) is 34.7 Å². The maximum atomic E-state index is 9.53. The van der Waals surface area contributed by atoms with Crippen molar-refractivity contribution >= 4 is 15.9 Å². The third-order valence-corrected chi connectivity index (χ3v) is 2.30. The van der Waals surface area contributed by atoms with Crippen molar-refractivity contribution in [1.82, 2.24) is 5.32 Å². The van der Waals surface area contributed by atoms with Crippen LogP contribution in [0.15, 0.2) is 11.1 Å². The van der Waals surface area contributed by atoms with Crippen LogP contribution in [0.1, 0.15) is 19.8 Å². The molecule has 0 aromatic carbocycles. The van der Waals surface area contributed by atoms with Crippen molar-refractivity contribution in [3.05, 3.63) is 11.1 Å². The van der Waals surface area contributed by atoms with E-state index < -0.39 is 6.10 Å². The van der Waals surface area contributed by atoms with Gasteiger partial charge in [-0.15, -0.1) is 0 Å². The molecular formula is C12H24BrNO3. The van der Waals surface area contributed by atoms with E-state index in [1.807, 2.05) is 0 Å². The molecule has 0 heterocycles. The number of ether oxygens (including phenoxy) is 2. The van der Waals surface area contributed by atoms with E-state index in [1.54, 1.807) is 0 Å². The van der Waals surface area contributed by atoms with Gasteiger partial charge in [0.25, 0.3) is 0 Å². The number of aliphatic hydroxyl groups excluding tert-OH is 1. The third-order valence-electron chi connectivity index (χ3n) is 2.02. The van der Waals surface area contributed by atoms with Gasteiger partial charge in [0.1, 0.15) is 0 Å². The summed E-state index contributed by atoms with van der Waals surface area (Å²) in [7, 11) is 0. The van der Waals surface area contributed by atoms with Crippen LogP contribution >= 0.6 is 15.9 Å². The van der Waals surface area contributed by atoms with Gasteiger partial charge in [-0.3, -0.25) is 0 Å². The predicted octanol–water partition coefficient (Wildman–Crippen LogP) is 1.68. The van der Waals surface area contributed by atoms with E-state index in [0.717, 1.165) is 23.9 Å². The van der Waals surface area contributed by atoms with E-state index in [4.69, 9.17) is 9.47 Å². The Morgan fingerprint density at radius 1 is 1.35 bits per heavy atom. The van der Waals surface area contributed by atoms with Gasteiger partial charge >= 0.3 is 0 Å². The van der Waals surface area contributed by atoms with Crippen molar-refractivity contribution in [2.75, 3.05) is 39.5 Å². The lowest BCUT2D eigenvalue weighted by Gasteiger charge is -2.12. The third kappa shape index (κ3) is 14.0. The molecule has 0 bridgehead atoms. The molecule has 0 amide bonds. The molecule has 0 aliphatic carbocycles. The molecule has 0 aliphatic rings. The number of halogens is 1. The molecule has 17 heavy (non-hydrogen) atoms. The minimum atomic E-state index is -0.488. The van der Waals surface area contributed by atoms with Gasteiger partial charge in [-0.1, -0.05) is 35.9 Å². The zero-order chi connectivity index (χ0) is 12.9. The Hall–Kier alpha value is 0.0600. The van der Waals surface area contributed by atoms with Crippen LogP contribution in [0.4, 0.5) is 0 Å². The van der Waals surface area contributed by atoms with Gasteiger partial charge in [0.2, 0.25) is 0 Å². The Balaban J connectivity index is 3.16. The van der Waals surface area contributed by atoms with Crippen molar-refractivity contribution in [3.63, 3.8) is 0 Å². The molecule has 1 unspecified atom stereocenters. The molecule has 0 spiro atoms. The Morgan fingerprint density at radius 3 is 2.71 bits per heavy atom. The highest BCUT2D eigenvalue weighted by atomic mass is 79.9. The number of aliphatic hydroxyl groups is 1. The molecule has 0 aromatic rings. The molecule has 5 heteroatoms. The second-order valence-electron chi connectivity index (χ2n) is 3.84. The van der Waals surface area contributed by atoms with Gasteiger partial charge in [-0.25, -0.2) is 0 Å². The van der Waals surface area contributed by atoms with Crippen molar-refractivity contribution in [2.45, 2.75) is 25.9 Å². The summed E-state index contributed by atoms with van der Waals surface area (Å²) in [6, 6.07) is 0. The summed E-state index contributed by atoms with van der Waals surface area (Å²) >= 11 is 3.23.